The summed E-state index contributed by atoms with van der Waals surface area (Å²) in [5, 5.41) is 3.66. The lowest BCUT2D eigenvalue weighted by molar-refractivity contribution is 0.0935. The molecule has 0 aliphatic rings. The fourth-order valence-electron chi connectivity index (χ4n) is 2.10. The van der Waals surface area contributed by atoms with E-state index in [1.807, 2.05) is 0 Å². The maximum absolute atomic E-state index is 12.3. The topological polar surface area (TPSA) is 29.1 Å². The summed E-state index contributed by atoms with van der Waals surface area (Å²) < 4.78 is 0.722. The molecule has 0 fully saturated rings. The Morgan fingerprint density at radius 1 is 1.24 bits per heavy atom. The zero-order chi connectivity index (χ0) is 15.4. The molecule has 0 aliphatic carbocycles. The van der Waals surface area contributed by atoms with Gasteiger partial charge in [-0.2, -0.15) is 0 Å². The van der Waals surface area contributed by atoms with E-state index < -0.39 is 0 Å². The number of rotatable bonds is 4. The van der Waals surface area contributed by atoms with Gasteiger partial charge in [0.1, 0.15) is 0 Å². The second-order valence-corrected chi connectivity index (χ2v) is 6.24. The van der Waals surface area contributed by atoms with Crippen LogP contribution in [0, 0.1) is 6.92 Å². The van der Waals surface area contributed by atoms with Crippen molar-refractivity contribution in [1.82, 2.24) is 5.32 Å². The predicted octanol–water partition coefficient (Wildman–Crippen LogP) is 5.29. The second kappa shape index (κ2) is 7.10. The molecule has 0 radical (unpaired) electrons. The van der Waals surface area contributed by atoms with Crippen molar-refractivity contribution in [3.05, 3.63) is 68.7 Å². The van der Waals surface area contributed by atoms with Gasteiger partial charge in [-0.1, -0.05) is 48.4 Å². The lowest BCUT2D eigenvalue weighted by Gasteiger charge is -2.18. The monoisotopic (exact) mass is 365 g/mol. The van der Waals surface area contributed by atoms with Crippen molar-refractivity contribution in [2.45, 2.75) is 26.3 Å². The van der Waals surface area contributed by atoms with Crippen LogP contribution in [0.1, 0.15) is 40.9 Å². The van der Waals surface area contributed by atoms with Gasteiger partial charge in [-0.05, 0) is 53.0 Å². The van der Waals surface area contributed by atoms with Crippen molar-refractivity contribution in [3.63, 3.8) is 0 Å². The largest absolute Gasteiger partial charge is 0.345 e. The molecule has 2 aromatic carbocycles. The molecule has 1 amide bonds. The van der Waals surface area contributed by atoms with Crippen molar-refractivity contribution in [2.75, 3.05) is 0 Å². The summed E-state index contributed by atoms with van der Waals surface area (Å²) in [6.07, 6.45) is 0.837. The van der Waals surface area contributed by atoms with Crippen LogP contribution in [0.5, 0.6) is 0 Å². The summed E-state index contributed by atoms with van der Waals surface area (Å²) in [6.45, 7) is 4.11. The molecule has 2 aromatic rings. The minimum absolute atomic E-state index is 0.00699. The Bertz CT molecular complexity index is 640. The zero-order valence-electron chi connectivity index (χ0n) is 12.0. The van der Waals surface area contributed by atoms with E-state index in [9.17, 15) is 4.79 Å². The van der Waals surface area contributed by atoms with E-state index >= 15 is 0 Å². The van der Waals surface area contributed by atoms with Gasteiger partial charge in [-0.25, -0.2) is 0 Å². The summed E-state index contributed by atoms with van der Waals surface area (Å²) in [5.74, 6) is -0.0974. The third-order valence-corrected chi connectivity index (χ3v) is 4.59. The molecular formula is C17H17BrClNO. The first-order valence-electron chi connectivity index (χ1n) is 6.83. The molecule has 21 heavy (non-hydrogen) atoms. The van der Waals surface area contributed by atoms with Gasteiger partial charge < -0.3 is 5.32 Å². The first kappa shape index (κ1) is 16.1. The summed E-state index contributed by atoms with van der Waals surface area (Å²) in [5.41, 5.74) is 2.92. The van der Waals surface area contributed by atoms with Crippen LogP contribution in [0.2, 0.25) is 5.02 Å². The van der Waals surface area contributed by atoms with E-state index in [-0.39, 0.29) is 11.9 Å². The lowest BCUT2D eigenvalue weighted by atomic mass is 10.0. The molecular weight excluding hydrogens is 350 g/mol. The van der Waals surface area contributed by atoms with Crippen molar-refractivity contribution in [1.29, 1.82) is 0 Å². The van der Waals surface area contributed by atoms with Gasteiger partial charge in [0, 0.05) is 10.0 Å². The molecule has 2 rings (SSSR count). The zero-order valence-corrected chi connectivity index (χ0v) is 14.3. The Hall–Kier alpha value is -1.32. The summed E-state index contributed by atoms with van der Waals surface area (Å²) >= 11 is 9.29. The van der Waals surface area contributed by atoms with Gasteiger partial charge in [0.15, 0.2) is 0 Å². The molecule has 0 heterocycles. The van der Waals surface area contributed by atoms with Crippen LogP contribution in [0.4, 0.5) is 0 Å². The molecule has 0 bridgehead atoms. The van der Waals surface area contributed by atoms with Crippen LogP contribution in [-0.2, 0) is 0 Å². The molecule has 1 unspecified atom stereocenters. The lowest BCUT2D eigenvalue weighted by Crippen LogP contribution is -2.28. The predicted molar refractivity (Wildman–Crippen MR) is 90.8 cm³/mol. The van der Waals surface area contributed by atoms with Gasteiger partial charge in [0.2, 0.25) is 0 Å². The summed E-state index contributed by atoms with van der Waals surface area (Å²) in [4.78, 5) is 12.3. The molecule has 0 aliphatic heterocycles. The van der Waals surface area contributed by atoms with Crippen LogP contribution in [0.3, 0.4) is 0 Å². The Kier molecular flexibility index (Phi) is 5.43. The molecule has 0 saturated carbocycles. The fraction of sp³-hybridized carbons (Fsp3) is 0.235. The molecule has 0 spiro atoms. The highest BCUT2D eigenvalue weighted by Crippen LogP contribution is 2.24. The molecule has 0 saturated heterocycles. The maximum Gasteiger partial charge on any atom is 0.251 e. The Labute approximate surface area is 138 Å². The summed E-state index contributed by atoms with van der Waals surface area (Å²) in [6, 6.07) is 13.4. The standard InChI is InChI=1S/C17H17BrClNO/c1-3-16(12-6-4-11(2)5-7-12)20-17(21)13-8-9-15(19)14(18)10-13/h4-10,16H,3H2,1-2H3,(H,20,21). The van der Waals surface area contributed by atoms with Crippen LogP contribution < -0.4 is 5.32 Å². The van der Waals surface area contributed by atoms with E-state index in [0.29, 0.717) is 10.6 Å². The number of halogens is 2. The maximum atomic E-state index is 12.3. The first-order valence-corrected chi connectivity index (χ1v) is 8.01. The number of carbonyl (C=O) groups is 1. The molecule has 110 valence electrons. The highest BCUT2D eigenvalue weighted by molar-refractivity contribution is 9.10. The third kappa shape index (κ3) is 4.08. The van der Waals surface area contributed by atoms with Gasteiger partial charge in [-0.15, -0.1) is 0 Å². The van der Waals surface area contributed by atoms with Crippen LogP contribution in [0.25, 0.3) is 0 Å². The number of hydrogen-bond donors (Lipinski definition) is 1. The smallest absolute Gasteiger partial charge is 0.251 e. The second-order valence-electron chi connectivity index (χ2n) is 4.97. The van der Waals surface area contributed by atoms with Gasteiger partial charge in [0.25, 0.3) is 5.91 Å². The quantitative estimate of drug-likeness (QED) is 0.782. The average Bonchev–Trinajstić information content (AvgIpc) is 2.48. The third-order valence-electron chi connectivity index (χ3n) is 3.38. The van der Waals surface area contributed by atoms with Crippen LogP contribution in [0.15, 0.2) is 46.9 Å². The Balaban J connectivity index is 2.15. The van der Waals surface area contributed by atoms with Gasteiger partial charge in [-0.3, -0.25) is 4.79 Å². The number of nitrogens with one attached hydrogen (secondary N) is 1. The molecule has 1 atom stereocenters. The SMILES string of the molecule is CCC(NC(=O)c1ccc(Cl)c(Br)c1)c1ccc(C)cc1. The van der Waals surface area contributed by atoms with E-state index in [2.05, 4.69) is 59.4 Å². The number of amides is 1. The van der Waals surface area contributed by atoms with E-state index in [1.165, 1.54) is 5.56 Å². The van der Waals surface area contributed by atoms with Gasteiger partial charge in [0.05, 0.1) is 11.1 Å². The van der Waals surface area contributed by atoms with Gasteiger partial charge >= 0.3 is 0 Å². The van der Waals surface area contributed by atoms with Crippen LogP contribution in [-0.4, -0.2) is 5.91 Å². The number of hydrogen-bond acceptors (Lipinski definition) is 1. The summed E-state index contributed by atoms with van der Waals surface area (Å²) in [7, 11) is 0. The van der Waals surface area contributed by atoms with Crippen LogP contribution >= 0.6 is 27.5 Å². The van der Waals surface area contributed by atoms with Crippen molar-refractivity contribution >= 4 is 33.4 Å². The first-order chi connectivity index (χ1) is 10.0. The molecule has 2 nitrogen and oxygen atoms in total. The van der Waals surface area contributed by atoms with Crippen molar-refractivity contribution in [3.8, 4) is 0 Å². The number of carbonyl (C=O) groups excluding carboxylic acids is 1. The van der Waals surface area contributed by atoms with E-state index in [1.54, 1.807) is 18.2 Å². The molecule has 4 heteroatoms. The van der Waals surface area contributed by atoms with Crippen molar-refractivity contribution in [2.24, 2.45) is 0 Å². The van der Waals surface area contributed by atoms with E-state index in [0.717, 1.165) is 16.5 Å². The Morgan fingerprint density at radius 3 is 2.48 bits per heavy atom. The van der Waals surface area contributed by atoms with Crippen molar-refractivity contribution < 1.29 is 4.79 Å². The number of benzene rings is 2. The minimum atomic E-state index is -0.0974. The Morgan fingerprint density at radius 2 is 1.90 bits per heavy atom. The normalized spacial score (nSPS) is 12.0. The average molecular weight is 367 g/mol. The molecule has 0 aromatic heterocycles. The number of aryl methyl sites for hydroxylation is 1. The highest BCUT2D eigenvalue weighted by atomic mass is 79.9. The highest BCUT2D eigenvalue weighted by Gasteiger charge is 2.14. The minimum Gasteiger partial charge on any atom is -0.345 e. The molecule has 1 N–H and O–H groups in total. The van der Waals surface area contributed by atoms with E-state index in [4.69, 9.17) is 11.6 Å². The fourth-order valence-corrected chi connectivity index (χ4v) is 2.60.